The SMILES string of the molecule is CN=C(NCC(C)Oc1ccc(C)cc1)NC1CCN(C2CCCC2)CC1. The van der Waals surface area contributed by atoms with Crippen LogP contribution in [0.1, 0.15) is 51.0 Å². The van der Waals surface area contributed by atoms with Gasteiger partial charge in [0.05, 0.1) is 6.54 Å². The lowest BCUT2D eigenvalue weighted by Crippen LogP contribution is -2.51. The van der Waals surface area contributed by atoms with Crippen LogP contribution in [0, 0.1) is 6.92 Å². The van der Waals surface area contributed by atoms with Crippen molar-refractivity contribution in [2.75, 3.05) is 26.7 Å². The normalized spacial score (nSPS) is 21.2. The van der Waals surface area contributed by atoms with Crippen LogP contribution < -0.4 is 15.4 Å². The Morgan fingerprint density at radius 1 is 1.15 bits per heavy atom. The van der Waals surface area contributed by atoms with E-state index in [1.54, 1.807) is 0 Å². The van der Waals surface area contributed by atoms with Gasteiger partial charge in [0.1, 0.15) is 11.9 Å². The Hall–Kier alpha value is -1.75. The Morgan fingerprint density at radius 3 is 2.44 bits per heavy atom. The summed E-state index contributed by atoms with van der Waals surface area (Å²) in [5, 5.41) is 7.01. The molecule has 1 saturated heterocycles. The van der Waals surface area contributed by atoms with E-state index in [2.05, 4.69) is 46.5 Å². The minimum absolute atomic E-state index is 0.0791. The molecule has 1 atom stereocenters. The van der Waals surface area contributed by atoms with Crippen LogP contribution in [-0.2, 0) is 0 Å². The van der Waals surface area contributed by atoms with E-state index < -0.39 is 0 Å². The molecule has 150 valence electrons. The minimum atomic E-state index is 0.0791. The molecule has 0 spiro atoms. The first kappa shape index (κ1) is 20.0. The average Bonchev–Trinajstić information content (AvgIpc) is 3.22. The van der Waals surface area contributed by atoms with Gasteiger partial charge in [0.15, 0.2) is 5.96 Å². The third kappa shape index (κ3) is 6.13. The van der Waals surface area contributed by atoms with Gasteiger partial charge in [-0.3, -0.25) is 4.99 Å². The molecule has 0 radical (unpaired) electrons. The van der Waals surface area contributed by atoms with Gasteiger partial charge in [-0.1, -0.05) is 30.5 Å². The lowest BCUT2D eigenvalue weighted by atomic mass is 10.0. The summed E-state index contributed by atoms with van der Waals surface area (Å²) in [7, 11) is 1.84. The molecule has 5 heteroatoms. The van der Waals surface area contributed by atoms with E-state index in [9.17, 15) is 0 Å². The first-order valence-corrected chi connectivity index (χ1v) is 10.6. The van der Waals surface area contributed by atoms with Gasteiger partial charge in [0.2, 0.25) is 0 Å². The zero-order chi connectivity index (χ0) is 19.1. The Bertz CT molecular complexity index is 587. The van der Waals surface area contributed by atoms with Crippen molar-refractivity contribution in [2.45, 2.75) is 70.6 Å². The van der Waals surface area contributed by atoms with Crippen LogP contribution in [0.25, 0.3) is 0 Å². The van der Waals surface area contributed by atoms with Crippen LogP contribution in [-0.4, -0.2) is 55.7 Å². The molecule has 0 amide bonds. The third-order valence-corrected chi connectivity index (χ3v) is 5.85. The van der Waals surface area contributed by atoms with E-state index in [1.807, 2.05) is 19.2 Å². The number of hydrogen-bond donors (Lipinski definition) is 2. The Balaban J connectivity index is 1.37. The van der Waals surface area contributed by atoms with Gasteiger partial charge >= 0.3 is 0 Å². The molecule has 2 fully saturated rings. The average molecular weight is 373 g/mol. The summed E-state index contributed by atoms with van der Waals surface area (Å²) in [6.45, 7) is 7.33. The summed E-state index contributed by atoms with van der Waals surface area (Å²) in [5.74, 6) is 1.80. The molecule has 1 aromatic carbocycles. The van der Waals surface area contributed by atoms with Gasteiger partial charge in [0.25, 0.3) is 0 Å². The van der Waals surface area contributed by atoms with Crippen LogP contribution in [0.15, 0.2) is 29.3 Å². The largest absolute Gasteiger partial charge is 0.489 e. The van der Waals surface area contributed by atoms with Crippen LogP contribution in [0.3, 0.4) is 0 Å². The molecule has 5 nitrogen and oxygen atoms in total. The molecule has 1 aromatic rings. The molecule has 1 unspecified atom stereocenters. The summed E-state index contributed by atoms with van der Waals surface area (Å²) < 4.78 is 5.97. The fraction of sp³-hybridized carbons (Fsp3) is 0.682. The van der Waals surface area contributed by atoms with E-state index in [-0.39, 0.29) is 6.10 Å². The van der Waals surface area contributed by atoms with Crippen molar-refractivity contribution >= 4 is 5.96 Å². The Kier molecular flexibility index (Phi) is 7.39. The molecule has 0 bridgehead atoms. The topological polar surface area (TPSA) is 48.9 Å². The monoisotopic (exact) mass is 372 g/mol. The smallest absolute Gasteiger partial charge is 0.191 e. The molecule has 1 heterocycles. The number of aryl methyl sites for hydroxylation is 1. The van der Waals surface area contributed by atoms with Crippen molar-refractivity contribution in [3.8, 4) is 5.75 Å². The third-order valence-electron chi connectivity index (χ3n) is 5.85. The number of piperidine rings is 1. The van der Waals surface area contributed by atoms with E-state index in [4.69, 9.17) is 4.74 Å². The highest BCUT2D eigenvalue weighted by Gasteiger charge is 2.27. The van der Waals surface area contributed by atoms with Gasteiger partial charge in [-0.05, 0) is 51.7 Å². The van der Waals surface area contributed by atoms with Crippen molar-refractivity contribution in [3.63, 3.8) is 0 Å². The molecule has 1 saturated carbocycles. The van der Waals surface area contributed by atoms with Crippen LogP contribution in [0.2, 0.25) is 0 Å². The number of ether oxygens (including phenoxy) is 1. The van der Waals surface area contributed by atoms with Crippen molar-refractivity contribution < 1.29 is 4.74 Å². The first-order chi connectivity index (χ1) is 13.1. The molecule has 2 aliphatic rings. The van der Waals surface area contributed by atoms with Crippen LogP contribution >= 0.6 is 0 Å². The molecular weight excluding hydrogens is 336 g/mol. The summed E-state index contributed by atoms with van der Waals surface area (Å²) in [4.78, 5) is 7.10. The molecule has 1 aliphatic heterocycles. The predicted molar refractivity (Wildman–Crippen MR) is 113 cm³/mol. The predicted octanol–water partition coefficient (Wildman–Crippen LogP) is 3.33. The number of nitrogens with one attached hydrogen (secondary N) is 2. The molecule has 0 aromatic heterocycles. The van der Waals surface area contributed by atoms with Crippen LogP contribution in [0.5, 0.6) is 5.75 Å². The number of guanidine groups is 1. The summed E-state index contributed by atoms with van der Waals surface area (Å²) in [6.07, 6.45) is 8.12. The van der Waals surface area contributed by atoms with Crippen molar-refractivity contribution in [3.05, 3.63) is 29.8 Å². The van der Waals surface area contributed by atoms with E-state index in [1.165, 1.54) is 57.2 Å². The lowest BCUT2D eigenvalue weighted by molar-refractivity contribution is 0.150. The number of rotatable bonds is 6. The van der Waals surface area contributed by atoms with Gasteiger partial charge in [-0.15, -0.1) is 0 Å². The minimum Gasteiger partial charge on any atom is -0.489 e. The zero-order valence-electron chi connectivity index (χ0n) is 17.2. The quantitative estimate of drug-likeness (QED) is 0.594. The number of likely N-dealkylation sites (tertiary alicyclic amines) is 1. The second-order valence-corrected chi connectivity index (χ2v) is 8.09. The molecule has 2 N–H and O–H groups in total. The summed E-state index contributed by atoms with van der Waals surface area (Å²) in [5.41, 5.74) is 1.25. The zero-order valence-corrected chi connectivity index (χ0v) is 17.2. The summed E-state index contributed by atoms with van der Waals surface area (Å²) >= 11 is 0. The van der Waals surface area contributed by atoms with Crippen molar-refractivity contribution in [1.82, 2.24) is 15.5 Å². The Morgan fingerprint density at radius 2 is 1.81 bits per heavy atom. The number of benzene rings is 1. The number of hydrogen-bond acceptors (Lipinski definition) is 3. The van der Waals surface area contributed by atoms with Crippen molar-refractivity contribution in [1.29, 1.82) is 0 Å². The molecule has 3 rings (SSSR count). The van der Waals surface area contributed by atoms with E-state index in [0.29, 0.717) is 6.04 Å². The van der Waals surface area contributed by atoms with E-state index >= 15 is 0 Å². The van der Waals surface area contributed by atoms with Crippen LogP contribution in [0.4, 0.5) is 0 Å². The first-order valence-electron chi connectivity index (χ1n) is 10.6. The fourth-order valence-corrected chi connectivity index (χ4v) is 4.20. The second kappa shape index (κ2) is 9.98. The van der Waals surface area contributed by atoms with E-state index in [0.717, 1.165) is 24.3 Å². The second-order valence-electron chi connectivity index (χ2n) is 8.09. The number of nitrogens with zero attached hydrogens (tertiary/aromatic N) is 2. The number of aliphatic imine (C=N–C) groups is 1. The molecular formula is C22H36N4O. The summed E-state index contributed by atoms with van der Waals surface area (Å²) in [6, 6.07) is 9.57. The van der Waals surface area contributed by atoms with Gasteiger partial charge in [-0.25, -0.2) is 0 Å². The molecule has 27 heavy (non-hydrogen) atoms. The highest BCUT2D eigenvalue weighted by molar-refractivity contribution is 5.80. The van der Waals surface area contributed by atoms with Gasteiger partial charge in [0, 0.05) is 32.2 Å². The maximum Gasteiger partial charge on any atom is 0.191 e. The standard InChI is InChI=1S/C22H36N4O/c1-17-8-10-21(11-9-17)27-18(2)16-24-22(23-3)25-19-12-14-26(15-13-19)20-6-4-5-7-20/h8-11,18-20H,4-7,12-16H2,1-3H3,(H2,23,24,25). The highest BCUT2D eigenvalue weighted by Crippen LogP contribution is 2.26. The molecule has 1 aliphatic carbocycles. The highest BCUT2D eigenvalue weighted by atomic mass is 16.5. The maximum absolute atomic E-state index is 5.97. The Labute approximate surface area is 164 Å². The van der Waals surface area contributed by atoms with Crippen molar-refractivity contribution in [2.24, 2.45) is 4.99 Å². The van der Waals surface area contributed by atoms with Gasteiger partial charge in [-0.2, -0.15) is 0 Å². The fourth-order valence-electron chi connectivity index (χ4n) is 4.20. The lowest BCUT2D eigenvalue weighted by Gasteiger charge is -2.36. The maximum atomic E-state index is 5.97. The van der Waals surface area contributed by atoms with Gasteiger partial charge < -0.3 is 20.3 Å².